The molecule has 0 radical (unpaired) electrons. The number of carbonyl (C=O) groups is 1. The van der Waals surface area contributed by atoms with Crippen molar-refractivity contribution in [2.75, 3.05) is 0 Å². The zero-order chi connectivity index (χ0) is 27.1. The highest BCUT2D eigenvalue weighted by molar-refractivity contribution is 7.89. The minimum Gasteiger partial charge on any atom is -0.438 e. The summed E-state index contributed by atoms with van der Waals surface area (Å²) in [5.74, 6) is -0.417. The third-order valence-electron chi connectivity index (χ3n) is 5.83. The molecule has 196 valence electrons. The topological polar surface area (TPSA) is 88.6 Å². The molecule has 7 nitrogen and oxygen atoms in total. The third-order valence-corrected chi connectivity index (χ3v) is 8.44. The van der Waals surface area contributed by atoms with Crippen LogP contribution in [-0.4, -0.2) is 40.7 Å². The van der Waals surface area contributed by atoms with E-state index in [9.17, 15) is 26.4 Å². The van der Waals surface area contributed by atoms with E-state index in [1.807, 2.05) is 0 Å². The van der Waals surface area contributed by atoms with Crippen LogP contribution in [0.4, 0.5) is 13.2 Å². The normalized spacial score (nSPS) is 18.4. The lowest BCUT2D eigenvalue weighted by Crippen LogP contribution is -2.65. The van der Waals surface area contributed by atoms with Gasteiger partial charge in [-0.15, -0.1) is 0 Å². The first-order chi connectivity index (χ1) is 16.5. The molecule has 12 heteroatoms. The van der Waals surface area contributed by atoms with E-state index < -0.39 is 32.8 Å². The van der Waals surface area contributed by atoms with Crippen molar-refractivity contribution in [3.8, 4) is 11.6 Å². The number of hydrogen-bond acceptors (Lipinski definition) is 5. The van der Waals surface area contributed by atoms with E-state index in [1.54, 1.807) is 27.7 Å². The van der Waals surface area contributed by atoms with E-state index in [2.05, 4.69) is 16.9 Å². The number of piperidine rings is 1. The summed E-state index contributed by atoms with van der Waals surface area (Å²) in [5.41, 5.74) is -2.67. The molecule has 0 spiro atoms. The van der Waals surface area contributed by atoms with Crippen LogP contribution in [0, 0.1) is 0 Å². The summed E-state index contributed by atoms with van der Waals surface area (Å²) < 4.78 is 72.8. The van der Waals surface area contributed by atoms with Crippen molar-refractivity contribution in [1.29, 1.82) is 0 Å². The Morgan fingerprint density at radius 2 is 1.75 bits per heavy atom. The number of nitrogens with one attached hydrogen (secondary N) is 1. The Balaban J connectivity index is 1.84. The van der Waals surface area contributed by atoms with Gasteiger partial charge in [0, 0.05) is 23.3 Å². The highest BCUT2D eigenvalue weighted by atomic mass is 35.5. The van der Waals surface area contributed by atoms with Crippen molar-refractivity contribution >= 4 is 27.5 Å². The highest BCUT2D eigenvalue weighted by Crippen LogP contribution is 2.43. The summed E-state index contributed by atoms with van der Waals surface area (Å²) in [4.78, 5) is 15.4. The fraction of sp³-hybridized carbons (Fsp3) is 0.417. The predicted molar refractivity (Wildman–Crippen MR) is 129 cm³/mol. The van der Waals surface area contributed by atoms with E-state index in [0.29, 0.717) is 25.1 Å². The van der Waals surface area contributed by atoms with Crippen LogP contribution in [0.1, 0.15) is 46.1 Å². The second-order valence-electron chi connectivity index (χ2n) is 9.79. The van der Waals surface area contributed by atoms with Crippen LogP contribution in [-0.2, 0) is 21.0 Å². The van der Waals surface area contributed by atoms with Gasteiger partial charge in [-0.3, -0.25) is 4.79 Å². The molecule has 0 unspecified atom stereocenters. The van der Waals surface area contributed by atoms with Crippen molar-refractivity contribution in [2.45, 2.75) is 68.7 Å². The molecule has 0 atom stereocenters. The number of nitrogens with zero attached hydrogens (tertiary/aromatic N) is 2. The van der Waals surface area contributed by atoms with Crippen molar-refractivity contribution in [3.63, 3.8) is 0 Å². The Morgan fingerprint density at radius 3 is 2.22 bits per heavy atom. The van der Waals surface area contributed by atoms with Gasteiger partial charge in [-0.1, -0.05) is 18.2 Å². The van der Waals surface area contributed by atoms with Gasteiger partial charge in [0.15, 0.2) is 0 Å². The average Bonchev–Trinajstić information content (AvgIpc) is 2.72. The number of pyridine rings is 1. The molecule has 2 heterocycles. The molecule has 3 rings (SSSR count). The maximum Gasteiger partial charge on any atom is 0.417 e. The number of carbonyl (C=O) groups excluding carboxylic acids is 1. The third kappa shape index (κ3) is 5.84. The van der Waals surface area contributed by atoms with Crippen molar-refractivity contribution in [1.82, 2.24) is 14.6 Å². The number of aromatic nitrogens is 1. The van der Waals surface area contributed by atoms with Crippen molar-refractivity contribution in [3.05, 3.63) is 59.8 Å². The molecule has 0 saturated carbocycles. The smallest absolute Gasteiger partial charge is 0.417 e. The maximum atomic E-state index is 13.7. The lowest BCUT2D eigenvalue weighted by atomic mass is 9.79. The molecule has 0 aliphatic carbocycles. The summed E-state index contributed by atoms with van der Waals surface area (Å²) >= 11 is 5.88. The molecule has 1 aliphatic rings. The SMILES string of the molecule is C=CC(=O)NC1CC(C)(C)N(S(=O)(=O)c2ccc(Oc3ncc(C(F)(F)F)cc3Cl)cc2)C(C)(C)C1. The van der Waals surface area contributed by atoms with E-state index in [4.69, 9.17) is 16.3 Å². The van der Waals surface area contributed by atoms with Gasteiger partial charge in [0.05, 0.1) is 10.5 Å². The summed E-state index contributed by atoms with van der Waals surface area (Å²) in [6.45, 7) is 10.7. The quantitative estimate of drug-likeness (QED) is 0.480. The van der Waals surface area contributed by atoms with Crippen LogP contribution >= 0.6 is 11.6 Å². The van der Waals surface area contributed by atoms with Gasteiger partial charge >= 0.3 is 6.18 Å². The fourth-order valence-electron chi connectivity index (χ4n) is 4.83. The van der Waals surface area contributed by atoms with Crippen LogP contribution in [0.2, 0.25) is 5.02 Å². The molecule has 1 fully saturated rings. The zero-order valence-electron chi connectivity index (χ0n) is 20.2. The van der Waals surface area contributed by atoms with Gasteiger partial charge in [0.25, 0.3) is 0 Å². The molecule has 0 bridgehead atoms. The molecular formula is C24H27ClF3N3O4S. The first kappa shape index (κ1) is 27.9. The zero-order valence-corrected chi connectivity index (χ0v) is 21.8. The Morgan fingerprint density at radius 1 is 1.19 bits per heavy atom. The summed E-state index contributed by atoms with van der Waals surface area (Å²) in [5, 5.41) is 2.53. The number of ether oxygens (including phenoxy) is 1. The second kappa shape index (κ2) is 9.68. The second-order valence-corrected chi connectivity index (χ2v) is 12.0. The van der Waals surface area contributed by atoms with Crippen molar-refractivity contribution < 1.29 is 31.1 Å². The summed E-state index contributed by atoms with van der Waals surface area (Å²) in [7, 11) is -3.98. The van der Waals surface area contributed by atoms with Gasteiger partial charge in [-0.05, 0) is 76.9 Å². The lowest BCUT2D eigenvalue weighted by Gasteiger charge is -2.53. The summed E-state index contributed by atoms with van der Waals surface area (Å²) in [6, 6.07) is 5.91. The first-order valence-corrected chi connectivity index (χ1v) is 12.8. The number of rotatable bonds is 6. The molecule has 36 heavy (non-hydrogen) atoms. The van der Waals surface area contributed by atoms with E-state index in [-0.39, 0.29) is 33.5 Å². The Labute approximate surface area is 213 Å². The largest absolute Gasteiger partial charge is 0.438 e. The molecule has 2 aromatic rings. The summed E-state index contributed by atoms with van der Waals surface area (Å²) in [6.07, 6.45) is -2.02. The minimum atomic E-state index is -4.60. The van der Waals surface area contributed by atoms with Crippen LogP contribution in [0.3, 0.4) is 0 Å². The average molecular weight is 546 g/mol. The molecule has 1 amide bonds. The molecular weight excluding hydrogens is 519 g/mol. The van der Waals surface area contributed by atoms with Gasteiger partial charge in [-0.25, -0.2) is 13.4 Å². The van der Waals surface area contributed by atoms with Crippen LogP contribution < -0.4 is 10.1 Å². The van der Waals surface area contributed by atoms with E-state index in [0.717, 1.165) is 0 Å². The number of hydrogen-bond donors (Lipinski definition) is 1. The van der Waals surface area contributed by atoms with E-state index in [1.165, 1.54) is 34.6 Å². The Hall–Kier alpha value is -2.63. The van der Waals surface area contributed by atoms with Gasteiger partial charge in [-0.2, -0.15) is 17.5 Å². The molecule has 1 aromatic carbocycles. The Bertz CT molecular complexity index is 1240. The number of benzene rings is 1. The Kier molecular flexibility index (Phi) is 7.51. The predicted octanol–water partition coefficient (Wildman–Crippen LogP) is 5.56. The highest BCUT2D eigenvalue weighted by Gasteiger charge is 2.51. The maximum absolute atomic E-state index is 13.7. The molecule has 1 N–H and O–H groups in total. The van der Waals surface area contributed by atoms with Gasteiger partial charge < -0.3 is 10.1 Å². The van der Waals surface area contributed by atoms with Crippen LogP contribution in [0.15, 0.2) is 54.1 Å². The molecule has 1 aromatic heterocycles. The van der Waals surface area contributed by atoms with Crippen molar-refractivity contribution in [2.24, 2.45) is 0 Å². The van der Waals surface area contributed by atoms with E-state index >= 15 is 0 Å². The lowest BCUT2D eigenvalue weighted by molar-refractivity contribution is -0.137. The molecule has 1 saturated heterocycles. The number of alkyl halides is 3. The monoisotopic (exact) mass is 545 g/mol. The molecule has 1 aliphatic heterocycles. The van der Waals surface area contributed by atoms with Crippen LogP contribution in [0.5, 0.6) is 11.6 Å². The minimum absolute atomic E-state index is 0.0102. The first-order valence-electron chi connectivity index (χ1n) is 11.0. The van der Waals surface area contributed by atoms with Gasteiger partial charge in [0.2, 0.25) is 21.8 Å². The number of sulfonamides is 1. The fourth-order valence-corrected chi connectivity index (χ4v) is 7.17. The number of halogens is 4. The number of amides is 1. The van der Waals surface area contributed by atoms with Gasteiger partial charge in [0.1, 0.15) is 10.8 Å². The standard InChI is InChI=1S/C24H27ClF3N3O4S/c1-6-20(32)30-16-12-22(2,3)31(23(4,5)13-16)36(33,34)18-9-7-17(8-10-18)35-21-19(25)11-15(14-29-21)24(26,27)28/h6-11,14,16H,1,12-13H2,2-5H3,(H,30,32). The van der Waals surface area contributed by atoms with Crippen LogP contribution in [0.25, 0.3) is 0 Å².